The van der Waals surface area contributed by atoms with Crippen LogP contribution >= 0.6 is 22.6 Å². The van der Waals surface area contributed by atoms with Crippen molar-refractivity contribution in [2.75, 3.05) is 0 Å². The fraction of sp³-hybridized carbons (Fsp3) is 0.105. The smallest absolute Gasteiger partial charge is 0.272 e. The second kappa shape index (κ2) is 7.60. The van der Waals surface area contributed by atoms with E-state index in [2.05, 4.69) is 73.9 Å². The zero-order valence-electron chi connectivity index (χ0n) is 13.9. The maximum Gasteiger partial charge on any atom is 0.272 e. The van der Waals surface area contributed by atoms with Gasteiger partial charge in [0.2, 0.25) is 0 Å². The van der Waals surface area contributed by atoms with Crippen molar-refractivity contribution in [3.8, 4) is 5.69 Å². The Morgan fingerprint density at radius 2 is 2.00 bits per heavy atom. The molecule has 0 radical (unpaired) electrons. The number of nitrogens with one attached hydrogen (secondary N) is 1. The summed E-state index contributed by atoms with van der Waals surface area (Å²) in [5.41, 5.74) is 7.25. The van der Waals surface area contributed by atoms with Crippen molar-refractivity contribution in [1.29, 1.82) is 0 Å². The number of carbonyl (C=O) groups excluding carboxylic acids is 1. The Kier molecular flexibility index (Phi) is 5.28. The van der Waals surface area contributed by atoms with Gasteiger partial charge in [-0.15, -0.1) is 0 Å². The van der Waals surface area contributed by atoms with Gasteiger partial charge in [0.25, 0.3) is 5.91 Å². The van der Waals surface area contributed by atoms with Gasteiger partial charge in [0.05, 0.1) is 11.8 Å². The van der Waals surface area contributed by atoms with Gasteiger partial charge in [-0.1, -0.05) is 0 Å². The summed E-state index contributed by atoms with van der Waals surface area (Å²) < 4.78 is 3.36. The predicted molar refractivity (Wildman–Crippen MR) is 107 cm³/mol. The summed E-state index contributed by atoms with van der Waals surface area (Å²) in [7, 11) is 0. The molecule has 5 nitrogen and oxygen atoms in total. The molecule has 2 aromatic heterocycles. The van der Waals surface area contributed by atoms with Crippen LogP contribution in [-0.2, 0) is 0 Å². The van der Waals surface area contributed by atoms with Crippen molar-refractivity contribution in [3.63, 3.8) is 0 Å². The first kappa shape index (κ1) is 17.3. The van der Waals surface area contributed by atoms with E-state index in [1.54, 1.807) is 24.5 Å². The minimum absolute atomic E-state index is 0.282. The number of hydrazone groups is 1. The quantitative estimate of drug-likeness (QED) is 0.378. The maximum atomic E-state index is 12.0. The molecule has 6 heteroatoms. The third kappa shape index (κ3) is 3.96. The third-order valence-corrected chi connectivity index (χ3v) is 4.57. The highest BCUT2D eigenvalue weighted by Gasteiger charge is 2.09. The number of aromatic nitrogens is 2. The molecule has 1 N–H and O–H groups in total. The summed E-state index contributed by atoms with van der Waals surface area (Å²) in [5, 5.41) is 4.07. The fourth-order valence-electron chi connectivity index (χ4n) is 2.63. The van der Waals surface area contributed by atoms with E-state index in [9.17, 15) is 4.79 Å². The summed E-state index contributed by atoms with van der Waals surface area (Å²) in [6.07, 6.45) is 4.80. The number of hydrogen-bond donors (Lipinski definition) is 1. The molecular formula is C19H17IN4O. The average molecular weight is 444 g/mol. The van der Waals surface area contributed by atoms with Gasteiger partial charge >= 0.3 is 0 Å². The van der Waals surface area contributed by atoms with E-state index in [0.717, 1.165) is 22.6 Å². The van der Waals surface area contributed by atoms with Crippen LogP contribution in [0.15, 0.2) is 60.0 Å². The van der Waals surface area contributed by atoms with Gasteiger partial charge in [0.15, 0.2) is 0 Å². The van der Waals surface area contributed by atoms with Crippen LogP contribution in [0.25, 0.3) is 5.69 Å². The first-order valence-corrected chi connectivity index (χ1v) is 8.82. The first-order chi connectivity index (χ1) is 12.1. The zero-order chi connectivity index (χ0) is 17.8. The molecule has 25 heavy (non-hydrogen) atoms. The fourth-order valence-corrected chi connectivity index (χ4v) is 2.99. The van der Waals surface area contributed by atoms with Crippen molar-refractivity contribution in [2.24, 2.45) is 5.10 Å². The van der Waals surface area contributed by atoms with Crippen molar-refractivity contribution >= 4 is 34.7 Å². The molecule has 0 spiro atoms. The monoisotopic (exact) mass is 444 g/mol. The number of aryl methyl sites for hydroxylation is 1. The lowest BCUT2D eigenvalue weighted by Crippen LogP contribution is -2.17. The average Bonchev–Trinajstić information content (AvgIpc) is 2.90. The number of carbonyl (C=O) groups is 1. The van der Waals surface area contributed by atoms with Gasteiger partial charge in [-0.3, -0.25) is 9.78 Å². The molecule has 0 aliphatic rings. The number of pyridine rings is 1. The van der Waals surface area contributed by atoms with E-state index < -0.39 is 0 Å². The van der Waals surface area contributed by atoms with Crippen molar-refractivity contribution in [1.82, 2.24) is 15.0 Å². The molecule has 126 valence electrons. The molecule has 1 aromatic carbocycles. The van der Waals surface area contributed by atoms with Gasteiger partial charge in [0, 0.05) is 38.6 Å². The number of amides is 1. The van der Waals surface area contributed by atoms with Crippen LogP contribution in [0.5, 0.6) is 0 Å². The molecule has 0 bridgehead atoms. The highest BCUT2D eigenvalue weighted by atomic mass is 127. The molecule has 0 saturated heterocycles. The zero-order valence-corrected chi connectivity index (χ0v) is 16.1. The predicted octanol–water partition coefficient (Wildman–Crippen LogP) is 3.86. The molecule has 1 amide bonds. The Hall–Kier alpha value is -2.48. The minimum Gasteiger partial charge on any atom is -0.318 e. The number of nitrogens with zero attached hydrogens (tertiary/aromatic N) is 3. The Bertz CT molecular complexity index is 915. The summed E-state index contributed by atoms with van der Waals surface area (Å²) in [5.74, 6) is -0.282. The van der Waals surface area contributed by atoms with Gasteiger partial charge in [-0.05, 0) is 78.9 Å². The second-order valence-corrected chi connectivity index (χ2v) is 6.82. The van der Waals surface area contributed by atoms with Gasteiger partial charge in [0.1, 0.15) is 0 Å². The van der Waals surface area contributed by atoms with E-state index in [-0.39, 0.29) is 5.91 Å². The van der Waals surface area contributed by atoms with Crippen LogP contribution < -0.4 is 5.43 Å². The largest absolute Gasteiger partial charge is 0.318 e. The molecule has 3 rings (SSSR count). The lowest BCUT2D eigenvalue weighted by atomic mass is 10.2. The number of benzene rings is 1. The van der Waals surface area contributed by atoms with E-state index >= 15 is 0 Å². The van der Waals surface area contributed by atoms with E-state index in [1.165, 1.54) is 9.77 Å². The van der Waals surface area contributed by atoms with Crippen LogP contribution in [0.4, 0.5) is 0 Å². The van der Waals surface area contributed by atoms with Crippen LogP contribution in [0.1, 0.15) is 27.3 Å². The number of rotatable bonds is 4. The van der Waals surface area contributed by atoms with E-state index in [0.29, 0.717) is 5.56 Å². The topological polar surface area (TPSA) is 59.3 Å². The number of halogens is 1. The highest BCUT2D eigenvalue weighted by Crippen LogP contribution is 2.20. The molecule has 0 aliphatic heterocycles. The van der Waals surface area contributed by atoms with Gasteiger partial charge in [-0.2, -0.15) is 5.10 Å². The maximum absolute atomic E-state index is 12.0. The van der Waals surface area contributed by atoms with Gasteiger partial charge < -0.3 is 4.57 Å². The molecule has 0 aliphatic carbocycles. The highest BCUT2D eigenvalue weighted by molar-refractivity contribution is 14.1. The van der Waals surface area contributed by atoms with E-state index in [4.69, 9.17) is 0 Å². The van der Waals surface area contributed by atoms with Crippen molar-refractivity contribution < 1.29 is 4.79 Å². The van der Waals surface area contributed by atoms with Crippen LogP contribution in [-0.4, -0.2) is 21.7 Å². The number of hydrogen-bond acceptors (Lipinski definition) is 3. The standard InChI is InChI=1S/C19H17IN4O/c1-13-10-16(12-22-23-19(25)15-4-3-9-21-11-15)14(2)24(13)18-7-5-17(20)6-8-18/h3-12H,1-2H3,(H,23,25)/b22-12-. The summed E-state index contributed by atoms with van der Waals surface area (Å²) in [6, 6.07) is 13.8. The molecule has 3 aromatic rings. The Morgan fingerprint density at radius 3 is 2.68 bits per heavy atom. The lowest BCUT2D eigenvalue weighted by molar-refractivity contribution is 0.0955. The van der Waals surface area contributed by atoms with Crippen LogP contribution in [0.3, 0.4) is 0 Å². The Balaban J connectivity index is 1.79. The Labute approximate surface area is 159 Å². The molecule has 0 atom stereocenters. The lowest BCUT2D eigenvalue weighted by Gasteiger charge is -2.09. The summed E-state index contributed by atoms with van der Waals surface area (Å²) >= 11 is 2.29. The third-order valence-electron chi connectivity index (χ3n) is 3.85. The first-order valence-electron chi connectivity index (χ1n) is 7.74. The molecule has 0 unspecified atom stereocenters. The summed E-state index contributed by atoms with van der Waals surface area (Å²) in [4.78, 5) is 15.9. The van der Waals surface area contributed by atoms with E-state index in [1.807, 2.05) is 13.0 Å². The summed E-state index contributed by atoms with van der Waals surface area (Å²) in [6.45, 7) is 4.09. The van der Waals surface area contributed by atoms with Gasteiger partial charge in [-0.25, -0.2) is 5.43 Å². The van der Waals surface area contributed by atoms with Crippen LogP contribution in [0, 0.1) is 17.4 Å². The molecular weight excluding hydrogens is 427 g/mol. The molecule has 2 heterocycles. The second-order valence-electron chi connectivity index (χ2n) is 5.58. The van der Waals surface area contributed by atoms with Crippen LogP contribution in [0.2, 0.25) is 0 Å². The Morgan fingerprint density at radius 1 is 1.24 bits per heavy atom. The van der Waals surface area contributed by atoms with Crippen molar-refractivity contribution in [2.45, 2.75) is 13.8 Å². The molecule has 0 saturated carbocycles. The SMILES string of the molecule is Cc1cc(/C=N\NC(=O)c2cccnc2)c(C)n1-c1ccc(I)cc1. The van der Waals surface area contributed by atoms with Crippen molar-refractivity contribution in [3.05, 3.63) is 80.9 Å². The normalized spacial score (nSPS) is 11.0. The minimum atomic E-state index is -0.282. The molecule has 0 fully saturated rings.